The van der Waals surface area contributed by atoms with E-state index in [0.29, 0.717) is 0 Å². The van der Waals surface area contributed by atoms with Crippen LogP contribution in [0.25, 0.3) is 0 Å². The van der Waals surface area contributed by atoms with Crippen LogP contribution in [0.1, 0.15) is 13.3 Å². The molecule has 1 aliphatic rings. The molecular formula is C9H18N2O5S. The van der Waals surface area contributed by atoms with E-state index >= 15 is 0 Å². The van der Waals surface area contributed by atoms with Crippen LogP contribution >= 0.6 is 0 Å². The lowest BCUT2D eigenvalue weighted by Crippen LogP contribution is -2.46. The molecule has 1 heterocycles. The van der Waals surface area contributed by atoms with Gasteiger partial charge in [0.05, 0.1) is 24.5 Å². The van der Waals surface area contributed by atoms with Gasteiger partial charge in [0.25, 0.3) is 0 Å². The van der Waals surface area contributed by atoms with Crippen molar-refractivity contribution in [1.82, 2.24) is 4.90 Å². The van der Waals surface area contributed by atoms with Gasteiger partial charge < -0.3 is 15.1 Å². The van der Waals surface area contributed by atoms with E-state index in [1.807, 2.05) is 0 Å². The Hall–Kier alpha value is -0.700. The standard InChI is InChI=1S/C9H18N2O5S/c1-6(13)8(4-12)11-3-7(2-9(11)14)5-17(10,15)16/h6-8,12-13H,2-5H2,1H3,(H2,10,15,16)/t6-,7?,8-/m1/s1. The van der Waals surface area contributed by atoms with Crippen molar-refractivity contribution in [3.8, 4) is 0 Å². The molecule has 1 aliphatic heterocycles. The maximum Gasteiger partial charge on any atom is 0.223 e. The number of hydrogen-bond donors (Lipinski definition) is 3. The maximum absolute atomic E-state index is 11.6. The molecule has 0 bridgehead atoms. The van der Waals surface area contributed by atoms with Crippen LogP contribution in [0.4, 0.5) is 0 Å². The van der Waals surface area contributed by atoms with Crippen LogP contribution in [-0.2, 0) is 14.8 Å². The van der Waals surface area contributed by atoms with E-state index in [9.17, 15) is 18.3 Å². The zero-order valence-corrected chi connectivity index (χ0v) is 10.4. The number of rotatable bonds is 5. The summed E-state index contributed by atoms with van der Waals surface area (Å²) < 4.78 is 21.8. The first-order valence-corrected chi connectivity index (χ1v) is 7.05. The van der Waals surface area contributed by atoms with E-state index in [2.05, 4.69) is 0 Å². The number of nitrogens with zero attached hydrogens (tertiary/aromatic N) is 1. The molecule has 1 saturated heterocycles. The van der Waals surface area contributed by atoms with E-state index < -0.39 is 22.2 Å². The molecule has 0 spiro atoms. The Morgan fingerprint density at radius 2 is 2.18 bits per heavy atom. The normalized spacial score (nSPS) is 25.1. The lowest BCUT2D eigenvalue weighted by molar-refractivity contribution is -0.132. The molecule has 0 aromatic carbocycles. The van der Waals surface area contributed by atoms with Gasteiger partial charge in [-0.3, -0.25) is 4.79 Å². The van der Waals surface area contributed by atoms with Gasteiger partial charge in [0.2, 0.25) is 15.9 Å². The number of hydrogen-bond acceptors (Lipinski definition) is 5. The molecule has 1 fully saturated rings. The van der Waals surface area contributed by atoms with Crippen molar-refractivity contribution in [2.75, 3.05) is 18.9 Å². The Labute approximate surface area is 100 Å². The van der Waals surface area contributed by atoms with E-state index in [-0.39, 0.29) is 37.2 Å². The second-order valence-corrected chi connectivity index (χ2v) is 6.10. The number of carbonyl (C=O) groups excluding carboxylic acids is 1. The third kappa shape index (κ3) is 3.91. The third-order valence-electron chi connectivity index (χ3n) is 2.85. The molecule has 4 N–H and O–H groups in total. The van der Waals surface area contributed by atoms with Crippen LogP contribution in [0.3, 0.4) is 0 Å². The number of aliphatic hydroxyl groups is 2. The minimum absolute atomic E-state index is 0.0830. The second-order valence-electron chi connectivity index (χ2n) is 4.44. The first-order chi connectivity index (χ1) is 7.74. The summed E-state index contributed by atoms with van der Waals surface area (Å²) in [6, 6.07) is -0.687. The summed E-state index contributed by atoms with van der Waals surface area (Å²) in [4.78, 5) is 13.0. The first-order valence-electron chi connectivity index (χ1n) is 5.33. The Morgan fingerprint density at radius 3 is 2.59 bits per heavy atom. The Bertz CT molecular complexity index is 381. The highest BCUT2D eigenvalue weighted by Crippen LogP contribution is 2.22. The average molecular weight is 266 g/mol. The summed E-state index contributed by atoms with van der Waals surface area (Å²) in [5.74, 6) is -0.892. The molecule has 1 amide bonds. The van der Waals surface area contributed by atoms with Gasteiger partial charge >= 0.3 is 0 Å². The van der Waals surface area contributed by atoms with E-state index in [0.717, 1.165) is 0 Å². The number of amides is 1. The third-order valence-corrected chi connectivity index (χ3v) is 3.79. The molecule has 7 nitrogen and oxygen atoms in total. The van der Waals surface area contributed by atoms with Crippen molar-refractivity contribution >= 4 is 15.9 Å². The molecule has 8 heteroatoms. The molecule has 0 aliphatic carbocycles. The number of nitrogens with two attached hydrogens (primary N) is 1. The van der Waals surface area contributed by atoms with Gasteiger partial charge in [-0.15, -0.1) is 0 Å². The second kappa shape index (κ2) is 5.30. The molecule has 0 aromatic rings. The van der Waals surface area contributed by atoms with Crippen molar-refractivity contribution < 1.29 is 23.4 Å². The van der Waals surface area contributed by atoms with Crippen LogP contribution in [0.2, 0.25) is 0 Å². The van der Waals surface area contributed by atoms with Gasteiger partial charge in [0.1, 0.15) is 0 Å². The van der Waals surface area contributed by atoms with Gasteiger partial charge in [0.15, 0.2) is 0 Å². The quantitative estimate of drug-likeness (QED) is 0.524. The zero-order valence-electron chi connectivity index (χ0n) is 9.61. The molecule has 3 atom stereocenters. The van der Waals surface area contributed by atoms with E-state index in [1.165, 1.54) is 11.8 Å². The van der Waals surface area contributed by atoms with E-state index in [4.69, 9.17) is 10.2 Å². The Kier molecular flexibility index (Phi) is 4.48. The molecule has 100 valence electrons. The number of sulfonamides is 1. The monoisotopic (exact) mass is 266 g/mol. The highest BCUT2D eigenvalue weighted by atomic mass is 32.2. The van der Waals surface area contributed by atoms with Crippen LogP contribution in [-0.4, -0.2) is 60.5 Å². The summed E-state index contributed by atoms with van der Waals surface area (Å²) >= 11 is 0. The number of primary sulfonamides is 1. The minimum atomic E-state index is -3.61. The summed E-state index contributed by atoms with van der Waals surface area (Å²) in [7, 11) is -3.61. The average Bonchev–Trinajstić information content (AvgIpc) is 2.44. The highest BCUT2D eigenvalue weighted by molar-refractivity contribution is 7.89. The Balaban J connectivity index is 2.70. The molecular weight excluding hydrogens is 248 g/mol. The molecule has 1 unspecified atom stereocenters. The summed E-state index contributed by atoms with van der Waals surface area (Å²) in [6.45, 7) is 1.32. The predicted molar refractivity (Wildman–Crippen MR) is 60.3 cm³/mol. The lowest BCUT2D eigenvalue weighted by Gasteiger charge is -2.28. The summed E-state index contributed by atoms with van der Waals surface area (Å²) in [6.07, 6.45) is -0.781. The topological polar surface area (TPSA) is 121 Å². The van der Waals surface area contributed by atoms with Crippen molar-refractivity contribution in [3.63, 3.8) is 0 Å². The molecule has 0 saturated carbocycles. The first kappa shape index (κ1) is 14.4. The number of carbonyl (C=O) groups is 1. The van der Waals surface area contributed by atoms with Crippen LogP contribution < -0.4 is 5.14 Å². The fourth-order valence-corrected chi connectivity index (χ4v) is 2.96. The molecule has 0 radical (unpaired) electrons. The smallest absolute Gasteiger partial charge is 0.223 e. The number of aliphatic hydroxyl groups excluding tert-OH is 2. The molecule has 0 aromatic heterocycles. The lowest BCUT2D eigenvalue weighted by atomic mass is 10.1. The van der Waals surface area contributed by atoms with Crippen LogP contribution in [0, 0.1) is 5.92 Å². The van der Waals surface area contributed by atoms with Crippen LogP contribution in [0.5, 0.6) is 0 Å². The molecule has 17 heavy (non-hydrogen) atoms. The fraction of sp³-hybridized carbons (Fsp3) is 0.889. The fourth-order valence-electron chi connectivity index (χ4n) is 2.08. The van der Waals surface area contributed by atoms with Crippen molar-refractivity contribution in [2.24, 2.45) is 11.1 Å². The zero-order chi connectivity index (χ0) is 13.2. The SMILES string of the molecule is C[C@@H](O)[C@@H](CO)N1CC(CS(N)(=O)=O)CC1=O. The predicted octanol–water partition coefficient (Wildman–Crippen LogP) is -2.13. The largest absolute Gasteiger partial charge is 0.394 e. The van der Waals surface area contributed by atoms with Crippen molar-refractivity contribution in [2.45, 2.75) is 25.5 Å². The van der Waals surface area contributed by atoms with E-state index in [1.54, 1.807) is 0 Å². The van der Waals surface area contributed by atoms with Crippen molar-refractivity contribution in [3.05, 3.63) is 0 Å². The highest BCUT2D eigenvalue weighted by Gasteiger charge is 2.37. The Morgan fingerprint density at radius 1 is 1.59 bits per heavy atom. The van der Waals surface area contributed by atoms with Gasteiger partial charge in [-0.05, 0) is 6.92 Å². The minimum Gasteiger partial charge on any atom is -0.394 e. The number of likely N-dealkylation sites (tertiary alicyclic amines) is 1. The summed E-state index contributed by atoms with van der Waals surface area (Å²) in [5.41, 5.74) is 0. The van der Waals surface area contributed by atoms with Crippen LogP contribution in [0.15, 0.2) is 0 Å². The van der Waals surface area contributed by atoms with Crippen molar-refractivity contribution in [1.29, 1.82) is 0 Å². The molecule has 1 rings (SSSR count). The van der Waals surface area contributed by atoms with Gasteiger partial charge in [0, 0.05) is 18.9 Å². The summed E-state index contributed by atoms with van der Waals surface area (Å²) in [5, 5.41) is 23.4. The van der Waals surface area contributed by atoms with Gasteiger partial charge in [-0.1, -0.05) is 0 Å². The van der Waals surface area contributed by atoms with Gasteiger partial charge in [-0.2, -0.15) is 0 Å². The maximum atomic E-state index is 11.6. The van der Waals surface area contributed by atoms with Gasteiger partial charge in [-0.25, -0.2) is 13.6 Å².